The van der Waals surface area contributed by atoms with E-state index in [1.807, 2.05) is 58.9 Å². The summed E-state index contributed by atoms with van der Waals surface area (Å²) in [5.74, 6) is -1.06. The van der Waals surface area contributed by atoms with Crippen LogP contribution in [0.25, 0.3) is 22.2 Å². The van der Waals surface area contributed by atoms with Crippen molar-refractivity contribution in [2.75, 3.05) is 11.9 Å². The van der Waals surface area contributed by atoms with E-state index in [0.29, 0.717) is 29.7 Å². The first-order chi connectivity index (χ1) is 14.1. The molecule has 0 saturated heterocycles. The van der Waals surface area contributed by atoms with Gasteiger partial charge in [0.05, 0.1) is 22.3 Å². The Kier molecular flexibility index (Phi) is 4.73. The molecule has 30 heavy (non-hydrogen) atoms. The van der Waals surface area contributed by atoms with Crippen LogP contribution in [0, 0.1) is 13.8 Å². The van der Waals surface area contributed by atoms with E-state index in [9.17, 15) is 14.7 Å². The van der Waals surface area contributed by atoms with Crippen molar-refractivity contribution >= 4 is 22.7 Å². The van der Waals surface area contributed by atoms with Crippen LogP contribution in [0.3, 0.4) is 0 Å². The number of carbonyl (C=O) groups is 1. The first-order valence-corrected chi connectivity index (χ1v) is 10.1. The SMILES string of the molecule is Cc1ccc(-c2c([C@H](OC(C)(C)C)C(=O)O)c(C)c3c4c2[nH]c(=O)n4CCN3)cc1. The number of anilines is 1. The second-order valence-electron chi connectivity index (χ2n) is 8.84. The standard InChI is InChI=1S/C23H27N3O4/c1-12-6-8-14(9-7-12)16-15(20(21(27)28)30-23(3,4)5)13(2)17-19-18(16)25-22(29)26(19)11-10-24-17/h6-9,20,24H,10-11H2,1-5H3,(H,25,29)(H,27,28)/t20-/m0/s1. The lowest BCUT2D eigenvalue weighted by Crippen LogP contribution is -2.29. The number of imidazole rings is 1. The van der Waals surface area contributed by atoms with Crippen molar-refractivity contribution in [3.8, 4) is 11.1 Å². The molecular weight excluding hydrogens is 382 g/mol. The van der Waals surface area contributed by atoms with Gasteiger partial charge in [0.1, 0.15) is 0 Å². The normalized spacial score (nSPS) is 14.6. The maximum Gasteiger partial charge on any atom is 0.337 e. The van der Waals surface area contributed by atoms with E-state index in [1.54, 1.807) is 4.57 Å². The number of H-pyrrole nitrogens is 1. The van der Waals surface area contributed by atoms with Gasteiger partial charge >= 0.3 is 11.7 Å². The van der Waals surface area contributed by atoms with Crippen LogP contribution in [-0.4, -0.2) is 32.8 Å². The summed E-state index contributed by atoms with van der Waals surface area (Å²) in [6.07, 6.45) is -1.18. The lowest BCUT2D eigenvalue weighted by atomic mass is 9.88. The number of ether oxygens (including phenoxy) is 1. The molecule has 2 aromatic carbocycles. The van der Waals surface area contributed by atoms with Crippen LogP contribution in [-0.2, 0) is 16.1 Å². The van der Waals surface area contributed by atoms with Crippen LogP contribution >= 0.6 is 0 Å². The molecule has 0 aliphatic carbocycles. The summed E-state index contributed by atoms with van der Waals surface area (Å²) in [4.78, 5) is 28.0. The van der Waals surface area contributed by atoms with Gasteiger partial charge in [-0.05, 0) is 45.7 Å². The average Bonchev–Trinajstić information content (AvgIpc) is 3.00. The van der Waals surface area contributed by atoms with Crippen molar-refractivity contribution in [2.24, 2.45) is 0 Å². The van der Waals surface area contributed by atoms with E-state index in [4.69, 9.17) is 4.74 Å². The Morgan fingerprint density at radius 1 is 1.20 bits per heavy atom. The molecule has 0 fully saturated rings. The van der Waals surface area contributed by atoms with Crippen LogP contribution in [0.4, 0.5) is 5.69 Å². The number of aryl methyl sites for hydroxylation is 1. The fraction of sp³-hybridized carbons (Fsp3) is 0.391. The largest absolute Gasteiger partial charge is 0.479 e. The lowest BCUT2D eigenvalue weighted by Gasteiger charge is -2.30. The van der Waals surface area contributed by atoms with Gasteiger partial charge in [-0.1, -0.05) is 29.8 Å². The van der Waals surface area contributed by atoms with E-state index in [0.717, 1.165) is 27.9 Å². The molecule has 3 aromatic rings. The highest BCUT2D eigenvalue weighted by atomic mass is 16.5. The third kappa shape index (κ3) is 3.29. The smallest absolute Gasteiger partial charge is 0.337 e. The highest BCUT2D eigenvalue weighted by Crippen LogP contribution is 2.44. The van der Waals surface area contributed by atoms with Crippen molar-refractivity contribution in [1.29, 1.82) is 0 Å². The van der Waals surface area contributed by atoms with Gasteiger partial charge in [0.2, 0.25) is 0 Å². The Balaban J connectivity index is 2.14. The average molecular weight is 409 g/mol. The molecule has 7 heteroatoms. The summed E-state index contributed by atoms with van der Waals surface area (Å²) in [6.45, 7) is 10.6. The lowest BCUT2D eigenvalue weighted by molar-refractivity contribution is -0.160. The summed E-state index contributed by atoms with van der Waals surface area (Å²) >= 11 is 0. The summed E-state index contributed by atoms with van der Waals surface area (Å²) in [5.41, 5.74) is 5.31. The van der Waals surface area contributed by atoms with Crippen LogP contribution in [0.5, 0.6) is 0 Å². The summed E-state index contributed by atoms with van der Waals surface area (Å²) in [7, 11) is 0. The minimum Gasteiger partial charge on any atom is -0.479 e. The molecule has 0 spiro atoms. The van der Waals surface area contributed by atoms with Gasteiger partial charge in [-0.25, -0.2) is 9.59 Å². The molecule has 0 bridgehead atoms. The number of aliphatic carboxylic acids is 1. The maximum absolute atomic E-state index is 12.7. The fourth-order valence-corrected chi connectivity index (χ4v) is 4.20. The third-order valence-electron chi connectivity index (χ3n) is 5.45. The molecule has 1 aliphatic heterocycles. The Morgan fingerprint density at radius 2 is 1.87 bits per heavy atom. The molecule has 3 N–H and O–H groups in total. The third-order valence-corrected chi connectivity index (χ3v) is 5.45. The zero-order valence-electron chi connectivity index (χ0n) is 17.9. The molecule has 2 heterocycles. The highest BCUT2D eigenvalue weighted by Gasteiger charge is 2.34. The van der Waals surface area contributed by atoms with Crippen molar-refractivity contribution in [3.05, 3.63) is 51.4 Å². The van der Waals surface area contributed by atoms with Crippen molar-refractivity contribution in [2.45, 2.75) is 52.9 Å². The summed E-state index contributed by atoms with van der Waals surface area (Å²) in [6, 6.07) is 7.87. The minimum atomic E-state index is -1.18. The number of hydrogen-bond donors (Lipinski definition) is 3. The molecule has 158 valence electrons. The Hall–Kier alpha value is -3.06. The Bertz CT molecular complexity index is 1200. The molecule has 7 nitrogen and oxygen atoms in total. The number of carboxylic acid groups (broad SMARTS) is 1. The molecule has 1 atom stereocenters. The van der Waals surface area contributed by atoms with Gasteiger partial charge in [0.15, 0.2) is 6.10 Å². The number of nitrogens with zero attached hydrogens (tertiary/aromatic N) is 1. The quantitative estimate of drug-likeness (QED) is 0.606. The van der Waals surface area contributed by atoms with Crippen molar-refractivity contribution < 1.29 is 14.6 Å². The number of aromatic nitrogens is 2. The molecule has 0 saturated carbocycles. The number of rotatable bonds is 4. The predicted octanol–water partition coefficient (Wildman–Crippen LogP) is 3.98. The summed E-state index contributed by atoms with van der Waals surface area (Å²) in [5, 5.41) is 13.5. The number of aromatic amines is 1. The van der Waals surface area contributed by atoms with Crippen LogP contribution in [0.15, 0.2) is 29.1 Å². The van der Waals surface area contributed by atoms with E-state index in [2.05, 4.69) is 10.3 Å². The van der Waals surface area contributed by atoms with E-state index in [-0.39, 0.29) is 5.69 Å². The Labute approximate surface area is 174 Å². The highest BCUT2D eigenvalue weighted by molar-refractivity contribution is 6.04. The molecule has 0 unspecified atom stereocenters. The number of nitrogens with one attached hydrogen (secondary N) is 2. The van der Waals surface area contributed by atoms with E-state index < -0.39 is 17.7 Å². The number of hydrogen-bond acceptors (Lipinski definition) is 4. The maximum atomic E-state index is 12.7. The second kappa shape index (κ2) is 7.02. The van der Waals surface area contributed by atoms with Gasteiger partial charge in [-0.15, -0.1) is 0 Å². The first kappa shape index (κ1) is 20.2. The topological polar surface area (TPSA) is 96.3 Å². The fourth-order valence-electron chi connectivity index (χ4n) is 4.20. The van der Waals surface area contributed by atoms with Crippen LogP contribution < -0.4 is 11.0 Å². The monoisotopic (exact) mass is 409 g/mol. The van der Waals surface area contributed by atoms with Crippen LogP contribution in [0.2, 0.25) is 0 Å². The van der Waals surface area contributed by atoms with Gasteiger partial charge in [-0.3, -0.25) is 4.57 Å². The van der Waals surface area contributed by atoms with Crippen molar-refractivity contribution in [1.82, 2.24) is 9.55 Å². The molecule has 4 rings (SSSR count). The predicted molar refractivity (Wildman–Crippen MR) is 117 cm³/mol. The first-order valence-electron chi connectivity index (χ1n) is 10.1. The number of carboxylic acids is 1. The minimum absolute atomic E-state index is 0.193. The Morgan fingerprint density at radius 3 is 2.47 bits per heavy atom. The van der Waals surface area contributed by atoms with Gasteiger partial charge in [0.25, 0.3) is 0 Å². The molecular formula is C23H27N3O4. The van der Waals surface area contributed by atoms with E-state index >= 15 is 0 Å². The second-order valence-corrected chi connectivity index (χ2v) is 8.84. The van der Waals surface area contributed by atoms with Gasteiger partial charge in [0, 0.05) is 24.2 Å². The summed E-state index contributed by atoms with van der Waals surface area (Å²) < 4.78 is 7.75. The number of benzene rings is 2. The van der Waals surface area contributed by atoms with E-state index in [1.165, 1.54) is 0 Å². The van der Waals surface area contributed by atoms with Crippen molar-refractivity contribution in [3.63, 3.8) is 0 Å². The zero-order chi connectivity index (χ0) is 21.8. The molecule has 1 aromatic heterocycles. The molecule has 1 aliphatic rings. The molecule has 0 amide bonds. The zero-order valence-corrected chi connectivity index (χ0v) is 17.9. The molecule has 0 radical (unpaired) electrons. The van der Waals surface area contributed by atoms with Gasteiger partial charge in [-0.2, -0.15) is 0 Å². The van der Waals surface area contributed by atoms with Crippen LogP contribution in [0.1, 0.15) is 43.6 Å². The van der Waals surface area contributed by atoms with Gasteiger partial charge < -0.3 is 20.1 Å².